The van der Waals surface area contributed by atoms with Gasteiger partial charge in [-0.3, -0.25) is 4.68 Å². The van der Waals surface area contributed by atoms with Gasteiger partial charge in [0.25, 0.3) is 0 Å². The molecule has 0 radical (unpaired) electrons. The number of thiazole rings is 1. The monoisotopic (exact) mass is 278 g/mol. The normalized spacial score (nSPS) is 12.8. The first-order chi connectivity index (χ1) is 9.17. The molecule has 2 heterocycles. The average Bonchev–Trinajstić information content (AvgIpc) is 2.96. The first-order valence-electron chi connectivity index (χ1n) is 6.90. The van der Waals surface area contributed by atoms with Gasteiger partial charge in [0.15, 0.2) is 0 Å². The van der Waals surface area contributed by atoms with Crippen LogP contribution in [-0.2, 0) is 6.54 Å². The van der Waals surface area contributed by atoms with E-state index in [1.807, 2.05) is 10.9 Å². The number of nitrogens with one attached hydrogen (secondary N) is 1. The van der Waals surface area contributed by atoms with E-state index in [-0.39, 0.29) is 0 Å². The molecule has 0 bridgehead atoms. The highest BCUT2D eigenvalue weighted by Gasteiger charge is 2.16. The predicted molar refractivity (Wildman–Crippen MR) is 80.5 cm³/mol. The van der Waals surface area contributed by atoms with Crippen molar-refractivity contribution in [2.75, 3.05) is 6.54 Å². The van der Waals surface area contributed by atoms with Crippen LogP contribution in [0.4, 0.5) is 0 Å². The van der Waals surface area contributed by atoms with Gasteiger partial charge < -0.3 is 5.32 Å². The highest BCUT2D eigenvalue weighted by atomic mass is 32.1. The van der Waals surface area contributed by atoms with Gasteiger partial charge in [0.05, 0.1) is 11.4 Å². The van der Waals surface area contributed by atoms with Crippen molar-refractivity contribution in [2.24, 2.45) is 0 Å². The van der Waals surface area contributed by atoms with Crippen LogP contribution in [0, 0.1) is 6.92 Å². The number of nitrogens with zero attached hydrogens (tertiary/aromatic N) is 3. The van der Waals surface area contributed by atoms with Crippen molar-refractivity contribution >= 4 is 11.3 Å². The van der Waals surface area contributed by atoms with E-state index in [1.54, 1.807) is 11.3 Å². The Morgan fingerprint density at radius 1 is 1.42 bits per heavy atom. The van der Waals surface area contributed by atoms with Crippen molar-refractivity contribution in [3.05, 3.63) is 22.8 Å². The van der Waals surface area contributed by atoms with Gasteiger partial charge in [0.1, 0.15) is 5.01 Å². The molecule has 0 aromatic carbocycles. The summed E-state index contributed by atoms with van der Waals surface area (Å²) in [7, 11) is 0. The second kappa shape index (κ2) is 6.30. The zero-order valence-corrected chi connectivity index (χ0v) is 12.9. The largest absolute Gasteiger partial charge is 0.310 e. The SMILES string of the molecule is CCCn1nccc1-c1nc(C)c(C(C)NCC)s1. The van der Waals surface area contributed by atoms with Gasteiger partial charge in [-0.15, -0.1) is 11.3 Å². The minimum Gasteiger partial charge on any atom is -0.310 e. The minimum atomic E-state index is 0.360. The minimum absolute atomic E-state index is 0.360. The third kappa shape index (κ3) is 3.04. The Morgan fingerprint density at radius 2 is 2.21 bits per heavy atom. The number of aromatic nitrogens is 3. The molecular formula is C14H22N4S. The molecule has 4 nitrogen and oxygen atoms in total. The van der Waals surface area contributed by atoms with Crippen LogP contribution in [0.3, 0.4) is 0 Å². The molecule has 0 saturated heterocycles. The molecule has 0 saturated carbocycles. The third-order valence-electron chi connectivity index (χ3n) is 3.11. The van der Waals surface area contributed by atoms with Crippen molar-refractivity contribution in [3.8, 4) is 10.7 Å². The second-order valence-corrected chi connectivity index (χ2v) is 5.72. The molecule has 2 rings (SSSR count). The quantitative estimate of drug-likeness (QED) is 0.880. The molecule has 0 aliphatic heterocycles. The van der Waals surface area contributed by atoms with Crippen LogP contribution >= 0.6 is 11.3 Å². The van der Waals surface area contributed by atoms with E-state index in [2.05, 4.69) is 44.2 Å². The lowest BCUT2D eigenvalue weighted by Gasteiger charge is -2.09. The summed E-state index contributed by atoms with van der Waals surface area (Å²) in [6, 6.07) is 2.41. The van der Waals surface area contributed by atoms with Gasteiger partial charge in [0.2, 0.25) is 0 Å². The summed E-state index contributed by atoms with van der Waals surface area (Å²) in [4.78, 5) is 6.04. The number of rotatable bonds is 6. The van der Waals surface area contributed by atoms with Crippen LogP contribution in [0.1, 0.15) is 43.8 Å². The highest BCUT2D eigenvalue weighted by Crippen LogP contribution is 2.31. The topological polar surface area (TPSA) is 42.7 Å². The van der Waals surface area contributed by atoms with E-state index < -0.39 is 0 Å². The molecule has 0 amide bonds. The summed E-state index contributed by atoms with van der Waals surface area (Å²) in [5.74, 6) is 0. The van der Waals surface area contributed by atoms with Crippen LogP contribution in [0.2, 0.25) is 0 Å². The van der Waals surface area contributed by atoms with E-state index in [0.29, 0.717) is 6.04 Å². The maximum absolute atomic E-state index is 4.72. The molecule has 5 heteroatoms. The molecular weight excluding hydrogens is 256 g/mol. The molecule has 104 valence electrons. The van der Waals surface area contributed by atoms with E-state index in [1.165, 1.54) is 4.88 Å². The van der Waals surface area contributed by atoms with Gasteiger partial charge in [-0.1, -0.05) is 13.8 Å². The Balaban J connectivity index is 2.31. The molecule has 0 fully saturated rings. The molecule has 1 unspecified atom stereocenters. The van der Waals surface area contributed by atoms with Gasteiger partial charge in [0, 0.05) is 23.7 Å². The number of hydrogen-bond donors (Lipinski definition) is 1. The van der Waals surface area contributed by atoms with E-state index in [4.69, 9.17) is 4.98 Å². The zero-order chi connectivity index (χ0) is 13.8. The maximum atomic E-state index is 4.72. The summed E-state index contributed by atoms with van der Waals surface area (Å²) in [5, 5.41) is 8.89. The van der Waals surface area contributed by atoms with Crippen molar-refractivity contribution in [1.82, 2.24) is 20.1 Å². The Kier molecular flexibility index (Phi) is 4.71. The Hall–Kier alpha value is -1.20. The van der Waals surface area contributed by atoms with Gasteiger partial charge in [-0.25, -0.2) is 4.98 Å². The molecule has 1 N–H and O–H groups in total. The summed E-state index contributed by atoms with van der Waals surface area (Å²) in [6.07, 6.45) is 2.94. The molecule has 1 atom stereocenters. The lowest BCUT2D eigenvalue weighted by atomic mass is 10.2. The fraction of sp³-hybridized carbons (Fsp3) is 0.571. The van der Waals surface area contributed by atoms with E-state index in [9.17, 15) is 0 Å². The van der Waals surface area contributed by atoms with E-state index >= 15 is 0 Å². The van der Waals surface area contributed by atoms with Crippen LogP contribution in [0.25, 0.3) is 10.7 Å². The van der Waals surface area contributed by atoms with Crippen molar-refractivity contribution < 1.29 is 0 Å². The fourth-order valence-corrected chi connectivity index (χ4v) is 3.35. The number of hydrogen-bond acceptors (Lipinski definition) is 4. The standard InChI is InChI=1S/C14H22N4S/c1-5-9-18-12(7-8-16-18)14-17-11(4)13(19-14)10(3)15-6-2/h7-8,10,15H,5-6,9H2,1-4H3. The molecule has 0 aliphatic rings. The average molecular weight is 278 g/mol. The van der Waals surface area contributed by atoms with Crippen molar-refractivity contribution in [3.63, 3.8) is 0 Å². The smallest absolute Gasteiger partial charge is 0.142 e. The molecule has 2 aromatic heterocycles. The third-order valence-corrected chi connectivity index (χ3v) is 4.47. The first-order valence-corrected chi connectivity index (χ1v) is 7.71. The van der Waals surface area contributed by atoms with Gasteiger partial charge in [-0.2, -0.15) is 5.10 Å². The first kappa shape index (κ1) is 14.2. The van der Waals surface area contributed by atoms with Crippen LogP contribution in [0.5, 0.6) is 0 Å². The van der Waals surface area contributed by atoms with Crippen LogP contribution < -0.4 is 5.32 Å². The Bertz CT molecular complexity index is 529. The van der Waals surface area contributed by atoms with Gasteiger partial charge >= 0.3 is 0 Å². The molecule has 0 spiro atoms. The molecule has 19 heavy (non-hydrogen) atoms. The number of aryl methyl sites for hydroxylation is 2. The Labute approximate surface area is 118 Å². The van der Waals surface area contributed by atoms with Crippen molar-refractivity contribution in [1.29, 1.82) is 0 Å². The summed E-state index contributed by atoms with van der Waals surface area (Å²) >= 11 is 1.77. The highest BCUT2D eigenvalue weighted by molar-refractivity contribution is 7.15. The second-order valence-electron chi connectivity index (χ2n) is 4.69. The lowest BCUT2D eigenvalue weighted by Crippen LogP contribution is -2.17. The summed E-state index contributed by atoms with van der Waals surface area (Å²) in [5.41, 5.74) is 2.25. The molecule has 0 aliphatic carbocycles. The predicted octanol–water partition coefficient (Wildman–Crippen LogP) is 3.40. The summed E-state index contributed by atoms with van der Waals surface area (Å²) < 4.78 is 2.04. The zero-order valence-electron chi connectivity index (χ0n) is 12.1. The fourth-order valence-electron chi connectivity index (χ4n) is 2.22. The van der Waals surface area contributed by atoms with Gasteiger partial charge in [-0.05, 0) is 32.9 Å². The Morgan fingerprint density at radius 3 is 2.89 bits per heavy atom. The van der Waals surface area contributed by atoms with Crippen LogP contribution in [0.15, 0.2) is 12.3 Å². The molecule has 2 aromatic rings. The van der Waals surface area contributed by atoms with E-state index in [0.717, 1.165) is 35.9 Å². The van der Waals surface area contributed by atoms with Crippen molar-refractivity contribution in [2.45, 2.75) is 46.7 Å². The lowest BCUT2D eigenvalue weighted by molar-refractivity contribution is 0.603. The maximum Gasteiger partial charge on any atom is 0.142 e. The van der Waals surface area contributed by atoms with Crippen LogP contribution in [-0.4, -0.2) is 21.3 Å². The summed E-state index contributed by atoms with van der Waals surface area (Å²) in [6.45, 7) is 10.5.